The summed E-state index contributed by atoms with van der Waals surface area (Å²) >= 11 is 5.89. The van der Waals surface area contributed by atoms with Crippen LogP contribution in [0.25, 0.3) is 0 Å². The molecule has 1 aromatic rings. The highest BCUT2D eigenvalue weighted by atomic mass is 35.5. The number of halogens is 2. The van der Waals surface area contributed by atoms with E-state index in [1.807, 2.05) is 0 Å². The van der Waals surface area contributed by atoms with Gasteiger partial charge in [-0.2, -0.15) is 0 Å². The van der Waals surface area contributed by atoms with Crippen molar-refractivity contribution in [2.24, 2.45) is 0 Å². The normalized spacial score (nSPS) is 22.1. The van der Waals surface area contributed by atoms with Crippen LogP contribution in [0.1, 0.15) is 12.5 Å². The second-order valence-electron chi connectivity index (χ2n) is 4.46. The van der Waals surface area contributed by atoms with E-state index < -0.39 is 35.8 Å². The first kappa shape index (κ1) is 14.3. The molecule has 0 saturated carbocycles. The number of aliphatic carboxylic acids is 1. The molecule has 1 aliphatic heterocycles. The van der Waals surface area contributed by atoms with Crippen LogP contribution in [0.5, 0.6) is 0 Å². The molecule has 20 heavy (non-hydrogen) atoms. The van der Waals surface area contributed by atoms with Gasteiger partial charge in [-0.25, -0.2) is 9.18 Å². The SMILES string of the molecule is CC1(c2ccc(F)cc2Cl)NC(=O)N(CC(=O)O)C1=O. The average molecular weight is 301 g/mol. The minimum atomic E-state index is -1.52. The van der Waals surface area contributed by atoms with Gasteiger partial charge in [-0.15, -0.1) is 0 Å². The molecule has 1 unspecified atom stereocenters. The monoisotopic (exact) mass is 300 g/mol. The molecule has 6 nitrogen and oxygen atoms in total. The summed E-state index contributed by atoms with van der Waals surface area (Å²) < 4.78 is 13.0. The molecule has 0 aromatic heterocycles. The largest absolute Gasteiger partial charge is 0.480 e. The zero-order valence-electron chi connectivity index (χ0n) is 10.3. The zero-order valence-corrected chi connectivity index (χ0v) is 11.1. The van der Waals surface area contributed by atoms with Crippen LogP contribution in [0.3, 0.4) is 0 Å². The minimum Gasteiger partial charge on any atom is -0.480 e. The maximum Gasteiger partial charge on any atom is 0.325 e. The number of carbonyl (C=O) groups is 3. The highest BCUT2D eigenvalue weighted by Gasteiger charge is 2.50. The van der Waals surface area contributed by atoms with Crippen molar-refractivity contribution in [1.82, 2.24) is 10.2 Å². The first-order valence-electron chi connectivity index (χ1n) is 5.57. The van der Waals surface area contributed by atoms with Crippen molar-refractivity contribution in [2.45, 2.75) is 12.5 Å². The van der Waals surface area contributed by atoms with E-state index in [2.05, 4.69) is 5.32 Å². The molecule has 0 aliphatic carbocycles. The van der Waals surface area contributed by atoms with Gasteiger partial charge in [-0.05, 0) is 19.1 Å². The van der Waals surface area contributed by atoms with Gasteiger partial charge >= 0.3 is 12.0 Å². The molecule has 8 heteroatoms. The van der Waals surface area contributed by atoms with Crippen molar-refractivity contribution >= 4 is 29.5 Å². The number of hydrogen-bond acceptors (Lipinski definition) is 3. The predicted molar refractivity (Wildman–Crippen MR) is 66.6 cm³/mol. The third-order valence-electron chi connectivity index (χ3n) is 3.04. The second kappa shape index (κ2) is 4.75. The zero-order chi connectivity index (χ0) is 15.1. The van der Waals surface area contributed by atoms with Crippen LogP contribution in [-0.2, 0) is 15.1 Å². The van der Waals surface area contributed by atoms with Crippen LogP contribution < -0.4 is 5.32 Å². The Morgan fingerprint density at radius 2 is 2.15 bits per heavy atom. The number of benzene rings is 1. The van der Waals surface area contributed by atoms with Crippen molar-refractivity contribution in [3.8, 4) is 0 Å². The number of nitrogens with zero attached hydrogens (tertiary/aromatic N) is 1. The molecule has 1 atom stereocenters. The van der Waals surface area contributed by atoms with E-state index in [4.69, 9.17) is 16.7 Å². The predicted octanol–water partition coefficient (Wildman–Crippen LogP) is 1.33. The van der Waals surface area contributed by atoms with Crippen molar-refractivity contribution in [2.75, 3.05) is 6.54 Å². The van der Waals surface area contributed by atoms with Gasteiger partial charge in [0.15, 0.2) is 0 Å². The fourth-order valence-electron chi connectivity index (χ4n) is 2.05. The van der Waals surface area contributed by atoms with E-state index in [-0.39, 0.29) is 10.6 Å². The quantitative estimate of drug-likeness (QED) is 0.825. The van der Waals surface area contributed by atoms with Crippen molar-refractivity contribution in [3.05, 3.63) is 34.6 Å². The Hall–Kier alpha value is -2.15. The summed E-state index contributed by atoms with van der Waals surface area (Å²) in [6.07, 6.45) is 0. The van der Waals surface area contributed by atoms with E-state index in [1.54, 1.807) is 0 Å². The molecule has 0 bridgehead atoms. The summed E-state index contributed by atoms with van der Waals surface area (Å²) in [6, 6.07) is 2.56. The number of carboxylic acids is 1. The first-order valence-corrected chi connectivity index (χ1v) is 5.95. The van der Waals surface area contributed by atoms with Crippen LogP contribution in [0.2, 0.25) is 5.02 Å². The summed E-state index contributed by atoms with van der Waals surface area (Å²) in [4.78, 5) is 35.2. The Balaban J connectivity index is 2.43. The molecule has 1 saturated heterocycles. The van der Waals surface area contributed by atoms with Crippen LogP contribution in [0.15, 0.2) is 18.2 Å². The van der Waals surface area contributed by atoms with E-state index in [0.29, 0.717) is 4.90 Å². The Kier molecular flexibility index (Phi) is 3.39. The Bertz CT molecular complexity index is 621. The maximum atomic E-state index is 13.0. The molecule has 1 aliphatic rings. The summed E-state index contributed by atoms with van der Waals surface area (Å²) in [7, 11) is 0. The fraction of sp³-hybridized carbons (Fsp3) is 0.250. The summed E-state index contributed by atoms with van der Waals surface area (Å²) in [5.74, 6) is -2.65. The Morgan fingerprint density at radius 1 is 1.50 bits per heavy atom. The highest BCUT2D eigenvalue weighted by Crippen LogP contribution is 2.33. The first-order chi connectivity index (χ1) is 9.25. The number of nitrogens with one attached hydrogen (secondary N) is 1. The standard InChI is InChI=1S/C12H10ClFN2O4/c1-12(7-3-2-6(14)4-8(7)13)10(19)16(5-9(17)18)11(20)15-12/h2-4H,5H2,1H3,(H,15,20)(H,17,18). The number of rotatable bonds is 3. The number of imide groups is 1. The lowest BCUT2D eigenvalue weighted by Crippen LogP contribution is -2.41. The van der Waals surface area contributed by atoms with Gasteiger partial charge in [0, 0.05) is 10.6 Å². The highest BCUT2D eigenvalue weighted by molar-refractivity contribution is 6.32. The smallest absolute Gasteiger partial charge is 0.325 e. The number of urea groups is 1. The lowest BCUT2D eigenvalue weighted by molar-refractivity contribution is -0.142. The topological polar surface area (TPSA) is 86.7 Å². The Morgan fingerprint density at radius 3 is 2.70 bits per heavy atom. The van der Waals surface area contributed by atoms with E-state index >= 15 is 0 Å². The van der Waals surface area contributed by atoms with E-state index in [0.717, 1.165) is 12.1 Å². The molecule has 0 spiro atoms. The van der Waals surface area contributed by atoms with Gasteiger partial charge < -0.3 is 10.4 Å². The van der Waals surface area contributed by atoms with Gasteiger partial charge in [0.1, 0.15) is 17.9 Å². The molecular formula is C12H10ClFN2O4. The van der Waals surface area contributed by atoms with Crippen LogP contribution in [0, 0.1) is 5.82 Å². The van der Waals surface area contributed by atoms with Crippen LogP contribution in [0.4, 0.5) is 9.18 Å². The van der Waals surface area contributed by atoms with Crippen molar-refractivity contribution in [3.63, 3.8) is 0 Å². The molecular weight excluding hydrogens is 291 g/mol. The van der Waals surface area contributed by atoms with Gasteiger partial charge in [-0.3, -0.25) is 14.5 Å². The molecule has 0 radical (unpaired) electrons. The third-order valence-corrected chi connectivity index (χ3v) is 3.35. The summed E-state index contributed by atoms with van der Waals surface area (Å²) in [5, 5.41) is 11.0. The number of carboxylic acid groups (broad SMARTS) is 1. The average Bonchev–Trinajstić information content (AvgIpc) is 2.53. The minimum absolute atomic E-state index is 0.0293. The lowest BCUT2D eigenvalue weighted by atomic mass is 9.92. The van der Waals surface area contributed by atoms with Crippen molar-refractivity contribution in [1.29, 1.82) is 0 Å². The maximum absolute atomic E-state index is 13.0. The molecule has 3 amide bonds. The number of carbonyl (C=O) groups excluding carboxylic acids is 2. The van der Waals surface area contributed by atoms with Gasteiger partial charge in [0.2, 0.25) is 0 Å². The van der Waals surface area contributed by atoms with E-state index in [1.165, 1.54) is 13.0 Å². The number of hydrogen-bond donors (Lipinski definition) is 2. The summed E-state index contributed by atoms with van der Waals surface area (Å²) in [5.41, 5.74) is -1.32. The lowest BCUT2D eigenvalue weighted by Gasteiger charge is -2.23. The second-order valence-corrected chi connectivity index (χ2v) is 4.87. The molecule has 1 aromatic carbocycles. The molecule has 1 heterocycles. The third kappa shape index (κ3) is 2.20. The molecule has 106 valence electrons. The Labute approximate surface area is 118 Å². The van der Waals surface area contributed by atoms with Crippen LogP contribution >= 0.6 is 11.6 Å². The van der Waals surface area contributed by atoms with Gasteiger partial charge in [0.05, 0.1) is 0 Å². The summed E-state index contributed by atoms with van der Waals surface area (Å²) in [6.45, 7) is 0.632. The van der Waals surface area contributed by atoms with Crippen LogP contribution in [-0.4, -0.2) is 34.5 Å². The van der Waals surface area contributed by atoms with Gasteiger partial charge in [0.25, 0.3) is 5.91 Å². The van der Waals surface area contributed by atoms with Gasteiger partial charge in [-0.1, -0.05) is 17.7 Å². The molecule has 2 rings (SSSR count). The number of amides is 3. The molecule has 1 fully saturated rings. The molecule has 2 N–H and O–H groups in total. The van der Waals surface area contributed by atoms with Crippen molar-refractivity contribution < 1.29 is 23.9 Å². The fourth-order valence-corrected chi connectivity index (χ4v) is 2.41. The van der Waals surface area contributed by atoms with E-state index in [9.17, 15) is 18.8 Å².